The van der Waals surface area contributed by atoms with Gasteiger partial charge < -0.3 is 9.64 Å². The Bertz CT molecular complexity index is 1240. The van der Waals surface area contributed by atoms with Crippen molar-refractivity contribution >= 4 is 23.1 Å². The maximum absolute atomic E-state index is 13.6. The van der Waals surface area contributed by atoms with E-state index < -0.39 is 0 Å². The SMILES string of the molecule is Cc1cc(C)cc(OCCN2C(=O)C(c3ccccc3)=C(N3CCc4ccccc43)C2=O)c1. The highest BCUT2D eigenvalue weighted by Gasteiger charge is 2.43. The molecule has 5 nitrogen and oxygen atoms in total. The van der Waals surface area contributed by atoms with Crippen molar-refractivity contribution in [1.29, 1.82) is 0 Å². The zero-order valence-electron chi connectivity index (χ0n) is 18.9. The van der Waals surface area contributed by atoms with Gasteiger partial charge in [0.2, 0.25) is 0 Å². The van der Waals surface area contributed by atoms with Crippen molar-refractivity contribution in [2.45, 2.75) is 20.3 Å². The maximum atomic E-state index is 13.6. The summed E-state index contributed by atoms with van der Waals surface area (Å²) in [6, 6.07) is 23.5. The van der Waals surface area contributed by atoms with Gasteiger partial charge in [-0.1, -0.05) is 54.6 Å². The van der Waals surface area contributed by atoms with Crippen LogP contribution in [0.5, 0.6) is 5.75 Å². The molecule has 0 radical (unpaired) electrons. The minimum absolute atomic E-state index is 0.194. The number of carbonyl (C=O) groups is 2. The van der Waals surface area contributed by atoms with E-state index >= 15 is 0 Å². The molecule has 0 fully saturated rings. The highest BCUT2D eigenvalue weighted by atomic mass is 16.5. The van der Waals surface area contributed by atoms with Crippen molar-refractivity contribution < 1.29 is 14.3 Å². The van der Waals surface area contributed by atoms with Crippen LogP contribution >= 0.6 is 0 Å². The number of carbonyl (C=O) groups excluding carboxylic acids is 2. The predicted octanol–water partition coefficient (Wildman–Crippen LogP) is 4.53. The van der Waals surface area contributed by atoms with E-state index in [0.717, 1.165) is 34.5 Å². The first kappa shape index (κ1) is 21.0. The molecule has 5 heteroatoms. The summed E-state index contributed by atoms with van der Waals surface area (Å²) in [5.41, 5.74) is 6.09. The maximum Gasteiger partial charge on any atom is 0.278 e. The number of amides is 2. The third-order valence-electron chi connectivity index (χ3n) is 6.14. The number of rotatable bonds is 6. The van der Waals surface area contributed by atoms with Crippen LogP contribution in [-0.4, -0.2) is 36.4 Å². The minimum Gasteiger partial charge on any atom is -0.492 e. The molecule has 0 unspecified atom stereocenters. The number of fused-ring (bicyclic) bond motifs is 1. The van der Waals surface area contributed by atoms with E-state index in [0.29, 0.717) is 17.8 Å². The summed E-state index contributed by atoms with van der Waals surface area (Å²) in [5, 5.41) is 0. The second-order valence-electron chi connectivity index (χ2n) is 8.55. The Labute approximate surface area is 193 Å². The van der Waals surface area contributed by atoms with Crippen LogP contribution < -0.4 is 9.64 Å². The Morgan fingerprint density at radius 3 is 2.30 bits per heavy atom. The number of benzene rings is 3. The summed E-state index contributed by atoms with van der Waals surface area (Å²) in [5.74, 6) is 0.214. The van der Waals surface area contributed by atoms with Gasteiger partial charge in [-0.3, -0.25) is 14.5 Å². The number of hydrogen-bond acceptors (Lipinski definition) is 4. The van der Waals surface area contributed by atoms with E-state index in [1.807, 2.05) is 79.4 Å². The summed E-state index contributed by atoms with van der Waals surface area (Å²) in [6.07, 6.45) is 0.846. The highest BCUT2D eigenvalue weighted by molar-refractivity contribution is 6.36. The Hall–Kier alpha value is -3.86. The van der Waals surface area contributed by atoms with Gasteiger partial charge in [0.05, 0.1) is 12.1 Å². The number of aryl methyl sites for hydroxylation is 2. The topological polar surface area (TPSA) is 49.9 Å². The van der Waals surface area contributed by atoms with Crippen LogP contribution in [0.15, 0.2) is 78.5 Å². The fraction of sp³-hybridized carbons (Fsp3) is 0.214. The fourth-order valence-corrected chi connectivity index (χ4v) is 4.72. The minimum atomic E-state index is -0.269. The molecular weight excluding hydrogens is 412 g/mol. The molecule has 0 aliphatic carbocycles. The molecule has 2 amide bonds. The number of ether oxygens (including phenoxy) is 1. The molecule has 5 rings (SSSR count). The van der Waals surface area contributed by atoms with Crippen molar-refractivity contribution in [2.75, 3.05) is 24.6 Å². The summed E-state index contributed by atoms with van der Waals surface area (Å²) in [7, 11) is 0. The zero-order valence-corrected chi connectivity index (χ0v) is 18.9. The lowest BCUT2D eigenvalue weighted by molar-refractivity contribution is -0.137. The third-order valence-corrected chi connectivity index (χ3v) is 6.14. The van der Waals surface area contributed by atoms with Crippen LogP contribution in [-0.2, 0) is 16.0 Å². The lowest BCUT2D eigenvalue weighted by Gasteiger charge is -2.22. The predicted molar refractivity (Wildman–Crippen MR) is 129 cm³/mol. The van der Waals surface area contributed by atoms with Crippen molar-refractivity contribution in [3.8, 4) is 5.75 Å². The average molecular weight is 439 g/mol. The first-order chi connectivity index (χ1) is 16.0. The molecule has 3 aromatic rings. The summed E-state index contributed by atoms with van der Waals surface area (Å²) in [4.78, 5) is 30.4. The van der Waals surface area contributed by atoms with Crippen LogP contribution in [0.1, 0.15) is 22.3 Å². The van der Waals surface area contributed by atoms with Crippen LogP contribution in [0.2, 0.25) is 0 Å². The molecule has 33 heavy (non-hydrogen) atoms. The van der Waals surface area contributed by atoms with E-state index in [9.17, 15) is 9.59 Å². The van der Waals surface area contributed by atoms with Crippen molar-refractivity contribution in [3.63, 3.8) is 0 Å². The number of para-hydroxylation sites is 1. The number of hydrogen-bond donors (Lipinski definition) is 0. The quantitative estimate of drug-likeness (QED) is 0.531. The van der Waals surface area contributed by atoms with Crippen LogP contribution in [0.3, 0.4) is 0 Å². The van der Waals surface area contributed by atoms with Crippen LogP contribution in [0, 0.1) is 13.8 Å². The molecule has 0 bridgehead atoms. The summed E-state index contributed by atoms with van der Waals surface area (Å²) in [6.45, 7) is 5.15. The van der Waals surface area contributed by atoms with Crippen molar-refractivity contribution in [1.82, 2.24) is 4.90 Å². The van der Waals surface area contributed by atoms with E-state index in [4.69, 9.17) is 4.74 Å². The fourth-order valence-electron chi connectivity index (χ4n) is 4.72. The molecule has 2 aliphatic rings. The molecule has 0 saturated heterocycles. The van der Waals surface area contributed by atoms with Gasteiger partial charge in [0.1, 0.15) is 18.1 Å². The van der Waals surface area contributed by atoms with Crippen molar-refractivity contribution in [2.24, 2.45) is 0 Å². The average Bonchev–Trinajstić information content (AvgIpc) is 3.33. The van der Waals surface area contributed by atoms with Crippen molar-refractivity contribution in [3.05, 3.63) is 101 Å². The van der Waals surface area contributed by atoms with Gasteiger partial charge in [0.25, 0.3) is 11.8 Å². The number of nitrogens with zero attached hydrogens (tertiary/aromatic N) is 2. The third kappa shape index (κ3) is 3.91. The monoisotopic (exact) mass is 438 g/mol. The normalized spacial score (nSPS) is 15.5. The highest BCUT2D eigenvalue weighted by Crippen LogP contribution is 2.38. The molecule has 0 atom stereocenters. The Balaban J connectivity index is 1.44. The number of anilines is 1. The molecule has 0 spiro atoms. The van der Waals surface area contributed by atoms with E-state index in [1.54, 1.807) is 0 Å². The molecule has 3 aromatic carbocycles. The van der Waals surface area contributed by atoms with Gasteiger partial charge >= 0.3 is 0 Å². The molecule has 0 saturated carbocycles. The smallest absolute Gasteiger partial charge is 0.278 e. The second-order valence-corrected chi connectivity index (χ2v) is 8.55. The van der Waals surface area contributed by atoms with E-state index in [-0.39, 0.29) is 25.0 Å². The Morgan fingerprint density at radius 1 is 0.848 bits per heavy atom. The van der Waals surface area contributed by atoms with Gasteiger partial charge in [0.15, 0.2) is 0 Å². The second kappa shape index (κ2) is 8.58. The van der Waals surface area contributed by atoms with E-state index in [1.165, 1.54) is 10.5 Å². The standard InChI is InChI=1S/C28H26N2O3/c1-19-16-20(2)18-23(17-19)33-15-14-30-27(31)25(22-9-4-3-5-10-22)26(28(30)32)29-13-12-21-8-6-7-11-24(21)29/h3-11,16-18H,12-15H2,1-2H3. The van der Waals surface area contributed by atoms with Crippen LogP contribution in [0.25, 0.3) is 5.57 Å². The Kier molecular flexibility index (Phi) is 5.47. The van der Waals surface area contributed by atoms with Gasteiger partial charge in [0, 0.05) is 12.2 Å². The van der Waals surface area contributed by atoms with E-state index in [2.05, 4.69) is 12.1 Å². The molecule has 2 heterocycles. The van der Waals surface area contributed by atoms with Gasteiger partial charge in [-0.05, 0) is 60.7 Å². The summed E-state index contributed by atoms with van der Waals surface area (Å²) >= 11 is 0. The first-order valence-corrected chi connectivity index (χ1v) is 11.3. The largest absolute Gasteiger partial charge is 0.492 e. The molecular formula is C28H26N2O3. The molecule has 2 aliphatic heterocycles. The van der Waals surface area contributed by atoms with Crippen LogP contribution in [0.4, 0.5) is 5.69 Å². The Morgan fingerprint density at radius 2 is 1.55 bits per heavy atom. The zero-order chi connectivity index (χ0) is 22.9. The lowest BCUT2D eigenvalue weighted by atomic mass is 10.0. The molecule has 166 valence electrons. The lowest BCUT2D eigenvalue weighted by Crippen LogP contribution is -2.37. The number of imide groups is 1. The van der Waals surface area contributed by atoms with Gasteiger partial charge in [-0.15, -0.1) is 0 Å². The van der Waals surface area contributed by atoms with Gasteiger partial charge in [-0.25, -0.2) is 0 Å². The molecule has 0 aromatic heterocycles. The molecule has 0 N–H and O–H groups in total. The van der Waals surface area contributed by atoms with Gasteiger partial charge in [-0.2, -0.15) is 0 Å². The first-order valence-electron chi connectivity index (χ1n) is 11.3. The summed E-state index contributed by atoms with van der Waals surface area (Å²) < 4.78 is 5.91.